The predicted octanol–water partition coefficient (Wildman–Crippen LogP) is 2.69. The first-order chi connectivity index (χ1) is 14.7. The van der Waals surface area contributed by atoms with Gasteiger partial charge in [-0.2, -0.15) is 10.2 Å². The van der Waals surface area contributed by atoms with E-state index in [9.17, 15) is 4.79 Å². The standard InChI is InChI=1S/C22H24N6O2/c1-15-2-5-20(28-24-10-11-25-28)21(26-15)22(29)27-13-16-3-4-18(27)12-17(16)14-30-19-6-8-23-9-7-19/h2,5-11,16-18H,3-4,12-14H2,1H3. The lowest BCUT2D eigenvalue weighted by atomic mass is 9.72. The van der Waals surface area contributed by atoms with E-state index in [-0.39, 0.29) is 11.9 Å². The van der Waals surface area contributed by atoms with E-state index in [1.54, 1.807) is 24.8 Å². The Morgan fingerprint density at radius 1 is 1.10 bits per heavy atom. The molecule has 154 valence electrons. The first-order valence-electron chi connectivity index (χ1n) is 10.4. The number of fused-ring (bicyclic) bond motifs is 3. The van der Waals surface area contributed by atoms with Gasteiger partial charge >= 0.3 is 0 Å². The van der Waals surface area contributed by atoms with Gasteiger partial charge in [-0.25, -0.2) is 4.98 Å². The Morgan fingerprint density at radius 3 is 2.63 bits per heavy atom. The molecule has 2 saturated heterocycles. The second-order valence-electron chi connectivity index (χ2n) is 8.08. The Balaban J connectivity index is 1.32. The van der Waals surface area contributed by atoms with Crippen molar-refractivity contribution in [2.75, 3.05) is 13.2 Å². The van der Waals surface area contributed by atoms with Crippen LogP contribution in [0.5, 0.6) is 5.75 Å². The quantitative estimate of drug-likeness (QED) is 0.650. The molecule has 0 radical (unpaired) electrons. The zero-order valence-corrected chi connectivity index (χ0v) is 16.9. The minimum atomic E-state index is -0.0331. The number of amides is 1. The van der Waals surface area contributed by atoms with Crippen LogP contribution in [0, 0.1) is 18.8 Å². The number of carbonyl (C=O) groups is 1. The molecule has 30 heavy (non-hydrogen) atoms. The van der Waals surface area contributed by atoms with E-state index in [1.807, 2.05) is 36.1 Å². The number of aryl methyl sites for hydroxylation is 1. The zero-order chi connectivity index (χ0) is 20.5. The van der Waals surface area contributed by atoms with Crippen molar-refractivity contribution in [1.29, 1.82) is 0 Å². The summed E-state index contributed by atoms with van der Waals surface area (Å²) in [5.41, 5.74) is 1.85. The van der Waals surface area contributed by atoms with Crippen LogP contribution in [0.2, 0.25) is 0 Å². The van der Waals surface area contributed by atoms with Gasteiger partial charge < -0.3 is 9.64 Å². The van der Waals surface area contributed by atoms with E-state index in [4.69, 9.17) is 4.74 Å². The van der Waals surface area contributed by atoms with Crippen molar-refractivity contribution in [2.45, 2.75) is 32.2 Å². The smallest absolute Gasteiger partial charge is 0.275 e. The van der Waals surface area contributed by atoms with Crippen molar-refractivity contribution in [3.8, 4) is 11.4 Å². The van der Waals surface area contributed by atoms with Crippen molar-refractivity contribution in [1.82, 2.24) is 29.9 Å². The van der Waals surface area contributed by atoms with Crippen LogP contribution in [-0.4, -0.2) is 55.0 Å². The average molecular weight is 404 g/mol. The lowest BCUT2D eigenvalue weighted by Gasteiger charge is -2.49. The minimum Gasteiger partial charge on any atom is -0.493 e. The van der Waals surface area contributed by atoms with Gasteiger partial charge in [0.05, 0.1) is 19.0 Å². The maximum absolute atomic E-state index is 13.5. The third kappa shape index (κ3) is 3.53. The van der Waals surface area contributed by atoms with E-state index in [1.165, 1.54) is 4.80 Å². The molecule has 6 rings (SSSR count). The summed E-state index contributed by atoms with van der Waals surface area (Å²) in [6.45, 7) is 3.32. The molecule has 3 aliphatic rings. The Hall–Kier alpha value is -3.29. The zero-order valence-electron chi connectivity index (χ0n) is 16.9. The lowest BCUT2D eigenvalue weighted by Crippen LogP contribution is -2.55. The highest BCUT2D eigenvalue weighted by Crippen LogP contribution is 2.40. The highest BCUT2D eigenvalue weighted by Gasteiger charge is 2.43. The van der Waals surface area contributed by atoms with Gasteiger partial charge in [0.25, 0.3) is 5.91 Å². The molecular weight excluding hydrogens is 380 g/mol. The number of hydrogen-bond acceptors (Lipinski definition) is 6. The Labute approximate surface area is 174 Å². The molecule has 1 aliphatic carbocycles. The number of aromatic nitrogens is 5. The Bertz CT molecular complexity index is 1020. The summed E-state index contributed by atoms with van der Waals surface area (Å²) >= 11 is 0. The van der Waals surface area contributed by atoms with E-state index in [2.05, 4.69) is 20.2 Å². The fourth-order valence-corrected chi connectivity index (χ4v) is 4.66. The van der Waals surface area contributed by atoms with Gasteiger partial charge in [0.2, 0.25) is 0 Å². The molecule has 3 fully saturated rings. The molecule has 8 heteroatoms. The number of piperidine rings is 2. The molecule has 2 bridgehead atoms. The SMILES string of the molecule is Cc1ccc(-n2nccn2)c(C(=O)N2CC3CCC2CC3COc2ccncc2)n1. The predicted molar refractivity (Wildman–Crippen MR) is 109 cm³/mol. The van der Waals surface area contributed by atoms with Crippen molar-refractivity contribution in [2.24, 2.45) is 11.8 Å². The van der Waals surface area contributed by atoms with E-state index >= 15 is 0 Å². The molecule has 3 aromatic rings. The number of ether oxygens (including phenoxy) is 1. The summed E-state index contributed by atoms with van der Waals surface area (Å²) in [4.78, 5) is 25.6. The summed E-state index contributed by atoms with van der Waals surface area (Å²) < 4.78 is 5.99. The molecule has 3 atom stereocenters. The Morgan fingerprint density at radius 2 is 1.90 bits per heavy atom. The monoisotopic (exact) mass is 404 g/mol. The summed E-state index contributed by atoms with van der Waals surface area (Å²) in [7, 11) is 0. The maximum atomic E-state index is 13.5. The fraction of sp³-hybridized carbons (Fsp3) is 0.409. The fourth-order valence-electron chi connectivity index (χ4n) is 4.66. The first-order valence-corrected chi connectivity index (χ1v) is 10.4. The van der Waals surface area contributed by atoms with Crippen LogP contribution < -0.4 is 4.74 Å². The summed E-state index contributed by atoms with van der Waals surface area (Å²) in [5.74, 6) is 1.71. The van der Waals surface area contributed by atoms with Crippen molar-refractivity contribution in [3.63, 3.8) is 0 Å². The number of hydrogen-bond donors (Lipinski definition) is 0. The molecule has 0 spiro atoms. The third-order valence-electron chi connectivity index (χ3n) is 6.21. The highest BCUT2D eigenvalue weighted by molar-refractivity contribution is 5.96. The van der Waals surface area contributed by atoms with Gasteiger partial charge in [0.15, 0.2) is 5.69 Å². The van der Waals surface area contributed by atoms with Gasteiger partial charge in [-0.1, -0.05) is 0 Å². The normalized spacial score (nSPS) is 22.8. The van der Waals surface area contributed by atoms with Gasteiger partial charge in [0.1, 0.15) is 11.4 Å². The summed E-state index contributed by atoms with van der Waals surface area (Å²) in [6, 6.07) is 7.72. The molecule has 2 aliphatic heterocycles. The van der Waals surface area contributed by atoms with Crippen molar-refractivity contribution >= 4 is 5.91 Å². The number of pyridine rings is 2. The molecular formula is C22H24N6O2. The van der Waals surface area contributed by atoms with Crippen LogP contribution in [0.1, 0.15) is 35.4 Å². The molecule has 0 N–H and O–H groups in total. The highest BCUT2D eigenvalue weighted by atomic mass is 16.5. The topological polar surface area (TPSA) is 86.0 Å². The third-order valence-corrected chi connectivity index (χ3v) is 6.21. The van der Waals surface area contributed by atoms with Crippen LogP contribution in [0.15, 0.2) is 49.1 Å². The van der Waals surface area contributed by atoms with Gasteiger partial charge in [-0.15, -0.1) is 4.80 Å². The summed E-state index contributed by atoms with van der Waals surface area (Å²) in [6.07, 6.45) is 9.81. The molecule has 0 aromatic carbocycles. The second kappa shape index (κ2) is 7.85. The van der Waals surface area contributed by atoms with Crippen LogP contribution in [-0.2, 0) is 0 Å². The summed E-state index contributed by atoms with van der Waals surface area (Å²) in [5, 5.41) is 8.38. The largest absolute Gasteiger partial charge is 0.493 e. The number of nitrogens with zero attached hydrogens (tertiary/aromatic N) is 6. The van der Waals surface area contributed by atoms with Crippen LogP contribution in [0.3, 0.4) is 0 Å². The molecule has 1 saturated carbocycles. The molecule has 3 aromatic heterocycles. The van der Waals surface area contributed by atoms with Crippen LogP contribution in [0.4, 0.5) is 0 Å². The molecule has 3 unspecified atom stereocenters. The van der Waals surface area contributed by atoms with Crippen LogP contribution in [0.25, 0.3) is 5.69 Å². The molecule has 8 nitrogen and oxygen atoms in total. The Kier molecular flexibility index (Phi) is 4.90. The van der Waals surface area contributed by atoms with Crippen molar-refractivity contribution < 1.29 is 9.53 Å². The van der Waals surface area contributed by atoms with E-state index in [0.717, 1.165) is 37.3 Å². The van der Waals surface area contributed by atoms with Crippen LogP contribution >= 0.6 is 0 Å². The van der Waals surface area contributed by atoms with Gasteiger partial charge in [-0.05, 0) is 62.3 Å². The maximum Gasteiger partial charge on any atom is 0.275 e. The lowest BCUT2D eigenvalue weighted by molar-refractivity contribution is -0.00461. The second-order valence-corrected chi connectivity index (χ2v) is 8.08. The van der Waals surface area contributed by atoms with E-state index < -0.39 is 0 Å². The average Bonchev–Trinajstić information content (AvgIpc) is 3.33. The van der Waals surface area contributed by atoms with Gasteiger partial charge in [-0.3, -0.25) is 9.78 Å². The van der Waals surface area contributed by atoms with E-state index in [0.29, 0.717) is 29.8 Å². The first kappa shape index (κ1) is 18.7. The number of rotatable bonds is 5. The molecule has 1 amide bonds. The van der Waals surface area contributed by atoms with Crippen molar-refractivity contribution in [3.05, 3.63) is 60.4 Å². The number of carbonyl (C=O) groups excluding carboxylic acids is 1. The van der Waals surface area contributed by atoms with Gasteiger partial charge in [0, 0.05) is 30.7 Å². The minimum absolute atomic E-state index is 0.0331. The molecule has 5 heterocycles.